The van der Waals surface area contributed by atoms with Gasteiger partial charge in [0.15, 0.2) is 0 Å². The van der Waals surface area contributed by atoms with Gasteiger partial charge in [-0.1, -0.05) is 19.1 Å². The van der Waals surface area contributed by atoms with Crippen LogP contribution in [-0.4, -0.2) is 23.9 Å². The highest BCUT2D eigenvalue weighted by molar-refractivity contribution is 5.83. The summed E-state index contributed by atoms with van der Waals surface area (Å²) in [5.74, 6) is 0.370. The highest BCUT2D eigenvalue weighted by Gasteiger charge is 2.37. The number of nitrogens with zero attached hydrogens (tertiary/aromatic N) is 1. The van der Waals surface area contributed by atoms with Crippen LogP contribution in [0.5, 0.6) is 0 Å². The summed E-state index contributed by atoms with van der Waals surface area (Å²) in [6.07, 6.45) is 8.51. The van der Waals surface area contributed by atoms with Gasteiger partial charge in [0.2, 0.25) is 5.91 Å². The van der Waals surface area contributed by atoms with Crippen LogP contribution in [0.1, 0.15) is 32.6 Å². The molecule has 0 unspecified atom stereocenters. The van der Waals surface area contributed by atoms with Gasteiger partial charge in [0.1, 0.15) is 0 Å². The molecule has 2 aliphatic rings. The van der Waals surface area contributed by atoms with Crippen LogP contribution in [0.15, 0.2) is 12.2 Å². The number of amides is 1. The zero-order valence-corrected chi connectivity index (χ0v) is 8.25. The molecular weight excluding hydrogens is 162 g/mol. The number of allylic oxidation sites excluding steroid dienone is 2. The fourth-order valence-corrected chi connectivity index (χ4v) is 2.25. The molecule has 1 saturated heterocycles. The van der Waals surface area contributed by atoms with E-state index in [4.69, 9.17) is 0 Å². The van der Waals surface area contributed by atoms with Gasteiger partial charge in [-0.15, -0.1) is 0 Å². The van der Waals surface area contributed by atoms with E-state index in [-0.39, 0.29) is 5.41 Å². The summed E-state index contributed by atoms with van der Waals surface area (Å²) < 4.78 is 0. The number of likely N-dealkylation sites (tertiary alicyclic amines) is 1. The van der Waals surface area contributed by atoms with Gasteiger partial charge >= 0.3 is 0 Å². The first kappa shape index (κ1) is 8.79. The fourth-order valence-electron chi connectivity index (χ4n) is 2.25. The van der Waals surface area contributed by atoms with Crippen molar-refractivity contribution < 1.29 is 4.79 Å². The van der Waals surface area contributed by atoms with E-state index in [9.17, 15) is 4.79 Å². The zero-order chi connectivity index (χ0) is 9.31. The first-order valence-corrected chi connectivity index (χ1v) is 5.17. The van der Waals surface area contributed by atoms with Crippen molar-refractivity contribution in [1.29, 1.82) is 0 Å². The predicted molar refractivity (Wildman–Crippen MR) is 52.3 cm³/mol. The van der Waals surface area contributed by atoms with E-state index in [0.717, 1.165) is 25.9 Å². The van der Waals surface area contributed by atoms with Crippen LogP contribution in [0.3, 0.4) is 0 Å². The lowest BCUT2D eigenvalue weighted by atomic mass is 9.86. The summed E-state index contributed by atoms with van der Waals surface area (Å²) in [6, 6.07) is 0. The van der Waals surface area contributed by atoms with Crippen molar-refractivity contribution >= 4 is 5.91 Å². The number of hydrogen-bond acceptors (Lipinski definition) is 1. The molecule has 0 N–H and O–H groups in total. The Morgan fingerprint density at radius 1 is 1.23 bits per heavy atom. The standard InChI is InChI=1S/C11H17NO/c1-11(6-2-3-7-11)10(13)12-8-4-5-9-12/h2-3H,4-9H2,1H3. The van der Waals surface area contributed by atoms with E-state index in [1.54, 1.807) is 0 Å². The molecule has 0 radical (unpaired) electrons. The van der Waals surface area contributed by atoms with Crippen molar-refractivity contribution in [3.8, 4) is 0 Å². The maximum Gasteiger partial charge on any atom is 0.229 e. The van der Waals surface area contributed by atoms with Crippen LogP contribution in [-0.2, 0) is 4.79 Å². The molecule has 2 heteroatoms. The van der Waals surface area contributed by atoms with Crippen molar-refractivity contribution in [3.05, 3.63) is 12.2 Å². The minimum Gasteiger partial charge on any atom is -0.342 e. The lowest BCUT2D eigenvalue weighted by molar-refractivity contribution is -0.139. The Bertz CT molecular complexity index is 230. The van der Waals surface area contributed by atoms with Gasteiger partial charge in [0.05, 0.1) is 5.41 Å². The van der Waals surface area contributed by atoms with Crippen LogP contribution in [0, 0.1) is 5.41 Å². The maximum absolute atomic E-state index is 12.1. The van der Waals surface area contributed by atoms with Gasteiger partial charge in [-0.25, -0.2) is 0 Å². The first-order valence-electron chi connectivity index (χ1n) is 5.17. The van der Waals surface area contributed by atoms with Gasteiger partial charge in [0.25, 0.3) is 0 Å². The molecule has 1 heterocycles. The molecular formula is C11H17NO. The molecule has 2 nitrogen and oxygen atoms in total. The van der Waals surface area contributed by atoms with Crippen LogP contribution >= 0.6 is 0 Å². The Kier molecular flexibility index (Phi) is 2.14. The zero-order valence-electron chi connectivity index (χ0n) is 8.25. The SMILES string of the molecule is CC1(C(=O)N2CCCC2)CC=CC1. The van der Waals surface area contributed by atoms with Crippen molar-refractivity contribution in [2.45, 2.75) is 32.6 Å². The molecule has 2 rings (SSSR count). The maximum atomic E-state index is 12.1. The molecule has 13 heavy (non-hydrogen) atoms. The highest BCUT2D eigenvalue weighted by atomic mass is 16.2. The third-order valence-corrected chi connectivity index (χ3v) is 3.21. The second kappa shape index (κ2) is 3.17. The molecule has 0 aromatic carbocycles. The first-order chi connectivity index (χ1) is 6.22. The average Bonchev–Trinajstić information content (AvgIpc) is 2.73. The van der Waals surface area contributed by atoms with Crippen LogP contribution < -0.4 is 0 Å². The molecule has 1 aliphatic carbocycles. The van der Waals surface area contributed by atoms with E-state index >= 15 is 0 Å². The number of carbonyl (C=O) groups is 1. The van der Waals surface area contributed by atoms with Crippen LogP contribution in [0.4, 0.5) is 0 Å². The second-order valence-corrected chi connectivity index (χ2v) is 4.44. The van der Waals surface area contributed by atoms with Crippen molar-refractivity contribution in [3.63, 3.8) is 0 Å². The molecule has 0 aromatic heterocycles. The number of carbonyl (C=O) groups excluding carboxylic acids is 1. The summed E-state index contributed by atoms with van der Waals surface area (Å²) >= 11 is 0. The molecule has 1 amide bonds. The van der Waals surface area contributed by atoms with Crippen molar-refractivity contribution in [1.82, 2.24) is 4.90 Å². The Labute approximate surface area is 79.6 Å². The van der Waals surface area contributed by atoms with Gasteiger partial charge < -0.3 is 4.90 Å². The summed E-state index contributed by atoms with van der Waals surface area (Å²) in [4.78, 5) is 14.1. The summed E-state index contributed by atoms with van der Waals surface area (Å²) in [7, 11) is 0. The Balaban J connectivity index is 2.03. The van der Waals surface area contributed by atoms with E-state index in [1.165, 1.54) is 12.8 Å². The summed E-state index contributed by atoms with van der Waals surface area (Å²) in [5, 5.41) is 0. The Hall–Kier alpha value is -0.790. The third kappa shape index (κ3) is 1.50. The fraction of sp³-hybridized carbons (Fsp3) is 0.727. The summed E-state index contributed by atoms with van der Waals surface area (Å²) in [5.41, 5.74) is -0.107. The Morgan fingerprint density at radius 2 is 1.77 bits per heavy atom. The monoisotopic (exact) mass is 179 g/mol. The van der Waals surface area contributed by atoms with Crippen molar-refractivity contribution in [2.75, 3.05) is 13.1 Å². The average molecular weight is 179 g/mol. The molecule has 0 spiro atoms. The van der Waals surface area contributed by atoms with E-state index in [2.05, 4.69) is 19.1 Å². The van der Waals surface area contributed by atoms with E-state index in [0.29, 0.717) is 5.91 Å². The minimum absolute atomic E-state index is 0.107. The lowest BCUT2D eigenvalue weighted by Gasteiger charge is -2.28. The minimum atomic E-state index is -0.107. The normalized spacial score (nSPS) is 25.5. The molecule has 1 aliphatic heterocycles. The lowest BCUT2D eigenvalue weighted by Crippen LogP contribution is -2.39. The van der Waals surface area contributed by atoms with Gasteiger partial charge in [0, 0.05) is 13.1 Å². The molecule has 0 aromatic rings. The Morgan fingerprint density at radius 3 is 2.31 bits per heavy atom. The number of hydrogen-bond donors (Lipinski definition) is 0. The quantitative estimate of drug-likeness (QED) is 0.563. The van der Waals surface area contributed by atoms with Crippen LogP contribution in [0.2, 0.25) is 0 Å². The van der Waals surface area contributed by atoms with E-state index in [1.807, 2.05) is 4.90 Å². The van der Waals surface area contributed by atoms with Crippen LogP contribution in [0.25, 0.3) is 0 Å². The smallest absolute Gasteiger partial charge is 0.229 e. The molecule has 72 valence electrons. The molecule has 0 atom stereocenters. The summed E-state index contributed by atoms with van der Waals surface area (Å²) in [6.45, 7) is 4.05. The van der Waals surface area contributed by atoms with Gasteiger partial charge in [-0.3, -0.25) is 4.79 Å². The van der Waals surface area contributed by atoms with Gasteiger partial charge in [-0.2, -0.15) is 0 Å². The number of rotatable bonds is 1. The van der Waals surface area contributed by atoms with Gasteiger partial charge in [-0.05, 0) is 25.7 Å². The largest absolute Gasteiger partial charge is 0.342 e. The molecule has 0 saturated carbocycles. The topological polar surface area (TPSA) is 20.3 Å². The van der Waals surface area contributed by atoms with Crippen molar-refractivity contribution in [2.24, 2.45) is 5.41 Å². The highest BCUT2D eigenvalue weighted by Crippen LogP contribution is 2.35. The third-order valence-electron chi connectivity index (χ3n) is 3.21. The molecule has 1 fully saturated rings. The molecule has 0 bridgehead atoms. The second-order valence-electron chi connectivity index (χ2n) is 4.44. The van der Waals surface area contributed by atoms with E-state index < -0.39 is 0 Å². The predicted octanol–water partition coefficient (Wildman–Crippen LogP) is 1.97.